The quantitative estimate of drug-likeness (QED) is 0.869. The fourth-order valence-corrected chi connectivity index (χ4v) is 2.15. The molecule has 0 spiro atoms. The smallest absolute Gasteiger partial charge is 0.481 e. The zero-order valence-corrected chi connectivity index (χ0v) is 12.9. The highest BCUT2D eigenvalue weighted by molar-refractivity contribution is 6.62. The molecule has 0 bridgehead atoms. The van der Waals surface area contributed by atoms with E-state index in [1.54, 1.807) is 6.07 Å². The zero-order chi connectivity index (χ0) is 16.0. The van der Waals surface area contributed by atoms with Gasteiger partial charge in [0, 0.05) is 5.56 Å². The van der Waals surface area contributed by atoms with Gasteiger partial charge < -0.3 is 14.4 Å². The number of halogens is 1. The van der Waals surface area contributed by atoms with Crippen LogP contribution in [0.2, 0.25) is 0 Å². The molecule has 0 radical (unpaired) electrons. The molecule has 0 saturated carbocycles. The highest BCUT2D eigenvalue weighted by Crippen LogP contribution is 2.36. The van der Waals surface area contributed by atoms with Crippen molar-refractivity contribution in [3.63, 3.8) is 0 Å². The van der Waals surface area contributed by atoms with E-state index >= 15 is 0 Å². The van der Waals surface area contributed by atoms with Crippen LogP contribution in [0.5, 0.6) is 0 Å². The third kappa shape index (κ3) is 2.83. The Hall–Kier alpha value is -1.40. The van der Waals surface area contributed by atoms with Crippen LogP contribution in [0.15, 0.2) is 18.2 Å². The molecule has 6 heteroatoms. The standard InChI is InChI=1S/C15H20BFO4/c1-9(13(18)19)11-7-6-10(8-12(11)17)16-20-14(2,3)15(4,5)21-16/h6-9H,1-5H3,(H,18,19). The lowest BCUT2D eigenvalue weighted by molar-refractivity contribution is -0.138. The van der Waals surface area contributed by atoms with E-state index in [2.05, 4.69) is 0 Å². The van der Waals surface area contributed by atoms with Crippen LogP contribution in [0, 0.1) is 5.82 Å². The van der Waals surface area contributed by atoms with Gasteiger partial charge in [0.1, 0.15) is 5.82 Å². The fourth-order valence-electron chi connectivity index (χ4n) is 2.15. The molecule has 1 aliphatic heterocycles. The van der Waals surface area contributed by atoms with E-state index in [0.717, 1.165) is 0 Å². The van der Waals surface area contributed by atoms with Gasteiger partial charge in [0.15, 0.2) is 0 Å². The maximum Gasteiger partial charge on any atom is 0.494 e. The molecule has 1 unspecified atom stereocenters. The van der Waals surface area contributed by atoms with Gasteiger partial charge in [-0.05, 0) is 46.1 Å². The molecule has 1 aliphatic rings. The Labute approximate surface area is 124 Å². The number of rotatable bonds is 3. The van der Waals surface area contributed by atoms with Gasteiger partial charge in [0.05, 0.1) is 17.1 Å². The van der Waals surface area contributed by atoms with Crippen LogP contribution in [0.3, 0.4) is 0 Å². The molecule has 1 atom stereocenters. The summed E-state index contributed by atoms with van der Waals surface area (Å²) >= 11 is 0. The largest absolute Gasteiger partial charge is 0.494 e. The van der Waals surface area contributed by atoms with E-state index < -0.39 is 36.0 Å². The Bertz CT molecular complexity index is 555. The van der Waals surface area contributed by atoms with Crippen molar-refractivity contribution in [2.45, 2.75) is 51.7 Å². The van der Waals surface area contributed by atoms with Crippen molar-refractivity contribution in [2.75, 3.05) is 0 Å². The first-order valence-corrected chi connectivity index (χ1v) is 6.93. The highest BCUT2D eigenvalue weighted by Gasteiger charge is 2.51. The second-order valence-corrected chi connectivity index (χ2v) is 6.43. The second-order valence-electron chi connectivity index (χ2n) is 6.43. The number of aliphatic carboxylic acids is 1. The van der Waals surface area contributed by atoms with E-state index in [1.165, 1.54) is 19.1 Å². The minimum absolute atomic E-state index is 0.155. The van der Waals surface area contributed by atoms with E-state index in [1.807, 2.05) is 27.7 Å². The molecule has 0 aliphatic carbocycles. The van der Waals surface area contributed by atoms with Gasteiger partial charge >= 0.3 is 13.1 Å². The van der Waals surface area contributed by atoms with Crippen molar-refractivity contribution in [3.8, 4) is 0 Å². The minimum atomic E-state index is -1.06. The predicted octanol–water partition coefficient (Wildman–Crippen LogP) is 2.31. The van der Waals surface area contributed by atoms with Crippen molar-refractivity contribution in [2.24, 2.45) is 0 Å². The number of carbonyl (C=O) groups is 1. The average molecular weight is 294 g/mol. The van der Waals surface area contributed by atoms with Gasteiger partial charge in [-0.25, -0.2) is 4.39 Å². The number of hydrogen-bond acceptors (Lipinski definition) is 3. The molecular weight excluding hydrogens is 274 g/mol. The maximum absolute atomic E-state index is 14.1. The summed E-state index contributed by atoms with van der Waals surface area (Å²) in [5.74, 6) is -2.51. The Morgan fingerprint density at radius 3 is 2.19 bits per heavy atom. The van der Waals surface area contributed by atoms with Crippen molar-refractivity contribution < 1.29 is 23.6 Å². The van der Waals surface area contributed by atoms with Crippen molar-refractivity contribution >= 4 is 18.6 Å². The molecule has 0 aromatic heterocycles. The summed E-state index contributed by atoms with van der Waals surface area (Å²) < 4.78 is 25.8. The maximum atomic E-state index is 14.1. The summed E-state index contributed by atoms with van der Waals surface area (Å²) in [5, 5.41) is 8.96. The molecule has 1 fully saturated rings. The van der Waals surface area contributed by atoms with E-state index in [9.17, 15) is 9.18 Å². The second kappa shape index (κ2) is 5.11. The molecule has 1 heterocycles. The summed E-state index contributed by atoms with van der Waals surface area (Å²) in [6.45, 7) is 9.14. The van der Waals surface area contributed by atoms with E-state index in [4.69, 9.17) is 14.4 Å². The summed E-state index contributed by atoms with van der Waals surface area (Å²) in [6, 6.07) is 4.42. The first kappa shape index (κ1) is 16.0. The van der Waals surface area contributed by atoms with E-state index in [0.29, 0.717) is 5.46 Å². The molecule has 1 aromatic carbocycles. The first-order valence-electron chi connectivity index (χ1n) is 6.93. The van der Waals surface area contributed by atoms with Crippen LogP contribution in [0.25, 0.3) is 0 Å². The van der Waals surface area contributed by atoms with Crippen LogP contribution >= 0.6 is 0 Å². The van der Waals surface area contributed by atoms with Crippen LogP contribution in [0.1, 0.15) is 46.1 Å². The molecule has 1 aromatic rings. The van der Waals surface area contributed by atoms with Gasteiger partial charge in [0.25, 0.3) is 0 Å². The monoisotopic (exact) mass is 294 g/mol. The molecule has 21 heavy (non-hydrogen) atoms. The molecule has 2 rings (SSSR count). The van der Waals surface area contributed by atoms with Gasteiger partial charge in [0.2, 0.25) is 0 Å². The summed E-state index contributed by atoms with van der Waals surface area (Å²) in [4.78, 5) is 10.9. The lowest BCUT2D eigenvalue weighted by atomic mass is 9.78. The molecule has 114 valence electrons. The van der Waals surface area contributed by atoms with Crippen molar-refractivity contribution in [3.05, 3.63) is 29.6 Å². The summed E-state index contributed by atoms with van der Waals surface area (Å²) in [7, 11) is -0.654. The van der Waals surface area contributed by atoms with Gasteiger partial charge in [-0.2, -0.15) is 0 Å². The van der Waals surface area contributed by atoms with Gasteiger partial charge in [-0.15, -0.1) is 0 Å². The summed E-state index contributed by atoms with van der Waals surface area (Å²) in [6.07, 6.45) is 0. The first-order chi connectivity index (χ1) is 9.55. The Balaban J connectivity index is 2.28. The van der Waals surface area contributed by atoms with Crippen molar-refractivity contribution in [1.29, 1.82) is 0 Å². The normalized spacial score (nSPS) is 21.3. The van der Waals surface area contributed by atoms with Crippen LogP contribution in [-0.4, -0.2) is 29.4 Å². The highest BCUT2D eigenvalue weighted by atomic mass is 19.1. The van der Waals surface area contributed by atoms with Crippen molar-refractivity contribution in [1.82, 2.24) is 0 Å². The molecule has 1 N–H and O–H groups in total. The predicted molar refractivity (Wildman–Crippen MR) is 78.2 cm³/mol. The number of carboxylic acid groups (broad SMARTS) is 1. The fraction of sp³-hybridized carbons (Fsp3) is 0.533. The molecular formula is C15H20BFO4. The Morgan fingerprint density at radius 1 is 1.24 bits per heavy atom. The lowest BCUT2D eigenvalue weighted by Gasteiger charge is -2.32. The average Bonchev–Trinajstić information content (AvgIpc) is 2.57. The Morgan fingerprint density at radius 2 is 1.76 bits per heavy atom. The minimum Gasteiger partial charge on any atom is -0.481 e. The third-order valence-electron chi connectivity index (χ3n) is 4.39. The van der Waals surface area contributed by atoms with Crippen LogP contribution in [0.4, 0.5) is 4.39 Å². The lowest BCUT2D eigenvalue weighted by Crippen LogP contribution is -2.41. The summed E-state index contributed by atoms with van der Waals surface area (Å²) in [5.41, 5.74) is -0.294. The number of carboxylic acids is 1. The third-order valence-corrected chi connectivity index (χ3v) is 4.39. The number of hydrogen-bond donors (Lipinski definition) is 1. The molecule has 0 amide bonds. The van der Waals surface area contributed by atoms with Crippen LogP contribution in [-0.2, 0) is 14.1 Å². The number of benzene rings is 1. The molecule has 1 saturated heterocycles. The zero-order valence-electron chi connectivity index (χ0n) is 12.9. The van der Waals surface area contributed by atoms with Gasteiger partial charge in [-0.1, -0.05) is 12.1 Å². The van der Waals surface area contributed by atoms with Crippen LogP contribution < -0.4 is 5.46 Å². The Kier molecular flexibility index (Phi) is 3.89. The van der Waals surface area contributed by atoms with Gasteiger partial charge in [-0.3, -0.25) is 4.79 Å². The topological polar surface area (TPSA) is 55.8 Å². The SMILES string of the molecule is CC(C(=O)O)c1ccc(B2OC(C)(C)C(C)(C)O2)cc1F. The van der Waals surface area contributed by atoms with E-state index in [-0.39, 0.29) is 5.56 Å². The molecule has 4 nitrogen and oxygen atoms in total.